The van der Waals surface area contributed by atoms with Gasteiger partial charge in [-0.1, -0.05) is 19.9 Å². The Kier molecular flexibility index (Phi) is 5.88. The van der Waals surface area contributed by atoms with Crippen LogP contribution in [0.5, 0.6) is 0 Å². The lowest BCUT2D eigenvalue weighted by atomic mass is 10.1. The molecule has 1 aromatic carbocycles. The van der Waals surface area contributed by atoms with E-state index in [0.29, 0.717) is 18.7 Å². The average Bonchev–Trinajstić information content (AvgIpc) is 2.46. The minimum Gasteiger partial charge on any atom is -0.274 e. The first-order valence-electron chi connectivity index (χ1n) is 6.72. The SMILES string of the molecule is CCN(CC)S(=O)(=O)c1cc(C(=O)N(C)OC)ccc1C. The Balaban J connectivity index is 3.35. The molecule has 0 saturated carbocycles. The summed E-state index contributed by atoms with van der Waals surface area (Å²) in [7, 11) is -0.751. The summed E-state index contributed by atoms with van der Waals surface area (Å²) >= 11 is 0. The number of benzene rings is 1. The van der Waals surface area contributed by atoms with E-state index >= 15 is 0 Å². The first kappa shape index (κ1) is 17.6. The minimum absolute atomic E-state index is 0.154. The molecule has 0 aliphatic heterocycles. The highest BCUT2D eigenvalue weighted by Gasteiger charge is 2.25. The predicted octanol–water partition coefficient (Wildman–Crippen LogP) is 1.66. The molecule has 0 aliphatic rings. The monoisotopic (exact) mass is 314 g/mol. The molecular formula is C14H22N2O4S. The fraction of sp³-hybridized carbons (Fsp3) is 0.500. The number of amides is 1. The molecule has 1 rings (SSSR count). The Morgan fingerprint density at radius 1 is 1.24 bits per heavy atom. The largest absolute Gasteiger partial charge is 0.277 e. The molecule has 0 bridgehead atoms. The molecular weight excluding hydrogens is 292 g/mol. The van der Waals surface area contributed by atoms with Crippen LogP contribution in [0.2, 0.25) is 0 Å². The van der Waals surface area contributed by atoms with E-state index in [1.165, 1.54) is 24.5 Å². The van der Waals surface area contributed by atoms with Gasteiger partial charge in [-0.05, 0) is 24.6 Å². The van der Waals surface area contributed by atoms with Crippen LogP contribution in [0.1, 0.15) is 29.8 Å². The van der Waals surface area contributed by atoms with E-state index in [9.17, 15) is 13.2 Å². The fourth-order valence-electron chi connectivity index (χ4n) is 1.98. The smallest absolute Gasteiger partial charge is 0.274 e. The molecule has 0 N–H and O–H groups in total. The summed E-state index contributed by atoms with van der Waals surface area (Å²) in [6.45, 7) is 6.04. The van der Waals surface area contributed by atoms with E-state index < -0.39 is 15.9 Å². The van der Waals surface area contributed by atoms with Crippen LogP contribution in [0.15, 0.2) is 23.1 Å². The molecule has 7 heteroatoms. The summed E-state index contributed by atoms with van der Waals surface area (Å²) in [6, 6.07) is 4.63. The number of carbonyl (C=O) groups excluding carboxylic acids is 1. The van der Waals surface area contributed by atoms with E-state index in [-0.39, 0.29) is 10.5 Å². The fourth-order valence-corrected chi connectivity index (χ4v) is 3.69. The highest BCUT2D eigenvalue weighted by molar-refractivity contribution is 7.89. The molecule has 6 nitrogen and oxygen atoms in total. The Morgan fingerprint density at radius 2 is 1.81 bits per heavy atom. The van der Waals surface area contributed by atoms with E-state index in [1.54, 1.807) is 32.9 Å². The van der Waals surface area contributed by atoms with Crippen LogP contribution >= 0.6 is 0 Å². The Hall–Kier alpha value is -1.44. The molecule has 0 heterocycles. The van der Waals surface area contributed by atoms with Crippen molar-refractivity contribution >= 4 is 15.9 Å². The molecule has 1 aromatic rings. The lowest BCUT2D eigenvalue weighted by Crippen LogP contribution is -2.31. The van der Waals surface area contributed by atoms with Crippen LogP contribution in [0.4, 0.5) is 0 Å². The highest BCUT2D eigenvalue weighted by atomic mass is 32.2. The van der Waals surface area contributed by atoms with Gasteiger partial charge in [0.1, 0.15) is 0 Å². The number of hydroxylamine groups is 2. The van der Waals surface area contributed by atoms with Crippen molar-refractivity contribution in [3.8, 4) is 0 Å². The van der Waals surface area contributed by atoms with Gasteiger partial charge in [0.05, 0.1) is 12.0 Å². The van der Waals surface area contributed by atoms with Gasteiger partial charge in [0.2, 0.25) is 10.0 Å². The van der Waals surface area contributed by atoms with Crippen molar-refractivity contribution in [3.63, 3.8) is 0 Å². The molecule has 0 radical (unpaired) electrons. The number of hydrogen-bond acceptors (Lipinski definition) is 4. The van der Waals surface area contributed by atoms with Gasteiger partial charge in [0.25, 0.3) is 5.91 Å². The summed E-state index contributed by atoms with van der Waals surface area (Å²) in [4.78, 5) is 17.1. The molecule has 0 atom stereocenters. The van der Waals surface area contributed by atoms with Crippen LogP contribution in [0, 0.1) is 6.92 Å². The van der Waals surface area contributed by atoms with Crippen molar-refractivity contribution in [1.82, 2.24) is 9.37 Å². The zero-order valence-electron chi connectivity index (χ0n) is 13.1. The van der Waals surface area contributed by atoms with Crippen LogP contribution in [-0.4, -0.2) is 50.9 Å². The third kappa shape index (κ3) is 3.61. The molecule has 118 valence electrons. The molecule has 0 aliphatic carbocycles. The van der Waals surface area contributed by atoms with Gasteiger partial charge in [0, 0.05) is 25.7 Å². The molecule has 0 aromatic heterocycles. The number of hydrogen-bond donors (Lipinski definition) is 0. The standard InChI is InChI=1S/C14H22N2O4S/c1-6-16(7-2)21(18,19)13-10-12(9-8-11(13)3)14(17)15(4)20-5/h8-10H,6-7H2,1-5H3. The molecule has 0 saturated heterocycles. The van der Waals surface area contributed by atoms with Gasteiger partial charge in [-0.15, -0.1) is 0 Å². The van der Waals surface area contributed by atoms with Gasteiger partial charge in [-0.2, -0.15) is 4.31 Å². The van der Waals surface area contributed by atoms with Crippen LogP contribution in [0.25, 0.3) is 0 Å². The van der Waals surface area contributed by atoms with Crippen LogP contribution < -0.4 is 0 Å². The second-order valence-corrected chi connectivity index (χ2v) is 6.46. The first-order chi connectivity index (χ1) is 9.79. The quantitative estimate of drug-likeness (QED) is 0.749. The number of carbonyl (C=O) groups is 1. The molecule has 0 fully saturated rings. The third-order valence-electron chi connectivity index (χ3n) is 3.32. The Morgan fingerprint density at radius 3 is 2.29 bits per heavy atom. The normalized spacial score (nSPS) is 11.7. The minimum atomic E-state index is -3.60. The Bertz CT molecular complexity index is 609. The number of aryl methyl sites for hydroxylation is 1. The topological polar surface area (TPSA) is 66.9 Å². The summed E-state index contributed by atoms with van der Waals surface area (Å²) in [5.74, 6) is -0.395. The summed E-state index contributed by atoms with van der Waals surface area (Å²) in [5.41, 5.74) is 0.884. The van der Waals surface area contributed by atoms with Crippen molar-refractivity contribution < 1.29 is 18.0 Å². The maximum absolute atomic E-state index is 12.6. The molecule has 0 unspecified atom stereocenters. The van der Waals surface area contributed by atoms with Gasteiger partial charge in [-0.25, -0.2) is 13.5 Å². The molecule has 21 heavy (non-hydrogen) atoms. The van der Waals surface area contributed by atoms with Gasteiger partial charge >= 0.3 is 0 Å². The van der Waals surface area contributed by atoms with Gasteiger partial charge < -0.3 is 0 Å². The van der Waals surface area contributed by atoms with Crippen molar-refractivity contribution in [2.45, 2.75) is 25.7 Å². The summed E-state index contributed by atoms with van der Waals surface area (Å²) in [6.07, 6.45) is 0. The summed E-state index contributed by atoms with van der Waals surface area (Å²) < 4.78 is 26.6. The van der Waals surface area contributed by atoms with Crippen molar-refractivity contribution in [1.29, 1.82) is 0 Å². The van der Waals surface area contributed by atoms with Crippen molar-refractivity contribution in [3.05, 3.63) is 29.3 Å². The number of rotatable bonds is 6. The van der Waals surface area contributed by atoms with Crippen LogP contribution in [0.3, 0.4) is 0 Å². The first-order valence-corrected chi connectivity index (χ1v) is 8.16. The highest BCUT2D eigenvalue weighted by Crippen LogP contribution is 2.22. The summed E-state index contributed by atoms with van der Waals surface area (Å²) in [5, 5.41) is 1.05. The van der Waals surface area contributed by atoms with E-state index in [2.05, 4.69) is 0 Å². The maximum Gasteiger partial charge on any atom is 0.277 e. The lowest BCUT2D eigenvalue weighted by molar-refractivity contribution is -0.0757. The maximum atomic E-state index is 12.6. The lowest BCUT2D eigenvalue weighted by Gasteiger charge is -2.21. The van der Waals surface area contributed by atoms with E-state index in [1.807, 2.05) is 0 Å². The average molecular weight is 314 g/mol. The van der Waals surface area contributed by atoms with Gasteiger partial charge in [0.15, 0.2) is 0 Å². The van der Waals surface area contributed by atoms with Crippen molar-refractivity contribution in [2.75, 3.05) is 27.2 Å². The number of nitrogens with zero attached hydrogens (tertiary/aromatic N) is 2. The Labute approximate surface area is 126 Å². The van der Waals surface area contributed by atoms with Crippen LogP contribution in [-0.2, 0) is 14.9 Å². The molecule has 0 spiro atoms. The third-order valence-corrected chi connectivity index (χ3v) is 5.51. The number of sulfonamides is 1. The second-order valence-electron chi connectivity index (χ2n) is 4.55. The zero-order valence-corrected chi connectivity index (χ0v) is 13.9. The molecule has 1 amide bonds. The van der Waals surface area contributed by atoms with E-state index in [0.717, 1.165) is 5.06 Å². The van der Waals surface area contributed by atoms with Gasteiger partial charge in [-0.3, -0.25) is 9.63 Å². The predicted molar refractivity (Wildman–Crippen MR) is 80.4 cm³/mol. The van der Waals surface area contributed by atoms with Crippen molar-refractivity contribution in [2.24, 2.45) is 0 Å². The van der Waals surface area contributed by atoms with E-state index in [4.69, 9.17) is 4.84 Å². The zero-order chi connectivity index (χ0) is 16.2. The second kappa shape index (κ2) is 7.02.